The number of rotatable bonds is 0. The molecule has 1 heterocycles. The van der Waals surface area contributed by atoms with Crippen LogP contribution in [0.25, 0.3) is 0 Å². The molecule has 4 N–H and O–H groups in total. The van der Waals surface area contributed by atoms with E-state index in [-0.39, 0.29) is 0 Å². The van der Waals surface area contributed by atoms with Crippen LogP contribution < -0.4 is 11.7 Å². The molecular weight excluding hydrogens is 164 g/mol. The van der Waals surface area contributed by atoms with E-state index in [0.29, 0.717) is 12.4 Å². The zero-order valence-electron chi connectivity index (χ0n) is 7.49. The van der Waals surface area contributed by atoms with Crippen LogP contribution in [0.1, 0.15) is 16.7 Å². The van der Waals surface area contributed by atoms with Gasteiger partial charge in [-0.05, 0) is 18.6 Å². The highest BCUT2D eigenvalue weighted by Crippen LogP contribution is 2.21. The molecule has 0 atom stereocenters. The highest BCUT2D eigenvalue weighted by atomic mass is 15.5. The van der Waals surface area contributed by atoms with E-state index < -0.39 is 0 Å². The monoisotopic (exact) mass is 176 g/mol. The van der Waals surface area contributed by atoms with Crippen LogP contribution in [0.2, 0.25) is 0 Å². The number of amidine groups is 1. The van der Waals surface area contributed by atoms with Crippen LogP contribution in [0, 0.1) is 6.92 Å². The molecule has 68 valence electrons. The molecule has 0 aromatic heterocycles. The largest absolute Gasteiger partial charge is 0.321 e. The van der Waals surface area contributed by atoms with E-state index in [0.717, 1.165) is 5.56 Å². The standard InChI is InChI=1S/C9H12N4/c1-6-2-3-7-5-13(11)9(12-10)8(7)4-6/h2-4H,5,10-11H2,1H3/b12-9-. The van der Waals surface area contributed by atoms with Gasteiger partial charge in [0, 0.05) is 5.56 Å². The van der Waals surface area contributed by atoms with Crippen LogP contribution in [0.4, 0.5) is 0 Å². The summed E-state index contributed by atoms with van der Waals surface area (Å²) in [7, 11) is 0. The molecule has 1 aliphatic heterocycles. The van der Waals surface area contributed by atoms with Crippen LogP contribution in [-0.2, 0) is 6.54 Å². The maximum absolute atomic E-state index is 5.71. The van der Waals surface area contributed by atoms with Crippen molar-refractivity contribution in [2.24, 2.45) is 16.8 Å². The van der Waals surface area contributed by atoms with E-state index in [1.807, 2.05) is 13.0 Å². The zero-order valence-corrected chi connectivity index (χ0v) is 7.49. The summed E-state index contributed by atoms with van der Waals surface area (Å²) in [6.07, 6.45) is 0. The smallest absolute Gasteiger partial charge is 0.170 e. The number of benzene rings is 1. The normalized spacial score (nSPS) is 18.0. The topological polar surface area (TPSA) is 67.6 Å². The van der Waals surface area contributed by atoms with Crippen molar-refractivity contribution in [1.82, 2.24) is 5.01 Å². The predicted octanol–water partition coefficient (Wildman–Crippen LogP) is 0.305. The molecule has 1 aromatic carbocycles. The summed E-state index contributed by atoms with van der Waals surface area (Å²) in [4.78, 5) is 0. The molecule has 4 nitrogen and oxygen atoms in total. The minimum Gasteiger partial charge on any atom is -0.321 e. The van der Waals surface area contributed by atoms with E-state index in [4.69, 9.17) is 11.7 Å². The van der Waals surface area contributed by atoms with Crippen LogP contribution in [0.15, 0.2) is 23.3 Å². The molecule has 0 spiro atoms. The van der Waals surface area contributed by atoms with Gasteiger partial charge in [-0.3, -0.25) is 5.01 Å². The highest BCUT2D eigenvalue weighted by Gasteiger charge is 2.22. The SMILES string of the molecule is Cc1ccc2c(c1)/C(=N/N)N(N)C2. The van der Waals surface area contributed by atoms with Gasteiger partial charge in [-0.15, -0.1) is 0 Å². The lowest BCUT2D eigenvalue weighted by Gasteiger charge is -2.08. The van der Waals surface area contributed by atoms with Gasteiger partial charge in [0.15, 0.2) is 5.84 Å². The number of hydrogen-bond acceptors (Lipinski definition) is 3. The quantitative estimate of drug-likeness (QED) is 0.441. The van der Waals surface area contributed by atoms with Gasteiger partial charge in [-0.25, -0.2) is 5.84 Å². The third-order valence-electron chi connectivity index (χ3n) is 2.24. The fraction of sp³-hybridized carbons (Fsp3) is 0.222. The Morgan fingerprint density at radius 3 is 2.92 bits per heavy atom. The van der Waals surface area contributed by atoms with Gasteiger partial charge in [0.25, 0.3) is 0 Å². The molecule has 1 aromatic rings. The lowest BCUT2D eigenvalue weighted by Crippen LogP contribution is -2.32. The van der Waals surface area contributed by atoms with Crippen molar-refractivity contribution in [3.05, 3.63) is 34.9 Å². The minimum absolute atomic E-state index is 0.665. The second-order valence-corrected chi connectivity index (χ2v) is 3.24. The van der Waals surface area contributed by atoms with Crippen LogP contribution in [0.3, 0.4) is 0 Å². The van der Waals surface area contributed by atoms with E-state index >= 15 is 0 Å². The number of hydrazine groups is 1. The first-order chi connectivity index (χ1) is 6.22. The summed E-state index contributed by atoms with van der Waals surface area (Å²) < 4.78 is 0. The third-order valence-corrected chi connectivity index (χ3v) is 2.24. The molecule has 13 heavy (non-hydrogen) atoms. The number of fused-ring (bicyclic) bond motifs is 1. The average Bonchev–Trinajstić information content (AvgIpc) is 2.40. The molecule has 0 saturated carbocycles. The molecule has 0 unspecified atom stereocenters. The van der Waals surface area contributed by atoms with Crippen molar-refractivity contribution >= 4 is 5.84 Å². The van der Waals surface area contributed by atoms with Crippen LogP contribution in [0.5, 0.6) is 0 Å². The summed E-state index contributed by atoms with van der Waals surface area (Å²) in [5.41, 5.74) is 3.41. The van der Waals surface area contributed by atoms with Crippen LogP contribution in [-0.4, -0.2) is 10.8 Å². The molecular formula is C9H12N4. The van der Waals surface area contributed by atoms with Crippen molar-refractivity contribution in [3.8, 4) is 0 Å². The Labute approximate surface area is 76.8 Å². The minimum atomic E-state index is 0.665. The van der Waals surface area contributed by atoms with Crippen molar-refractivity contribution in [2.45, 2.75) is 13.5 Å². The van der Waals surface area contributed by atoms with E-state index in [1.54, 1.807) is 5.01 Å². The number of hydrogen-bond donors (Lipinski definition) is 2. The van der Waals surface area contributed by atoms with Crippen molar-refractivity contribution in [2.75, 3.05) is 0 Å². The van der Waals surface area contributed by atoms with Crippen LogP contribution >= 0.6 is 0 Å². The maximum Gasteiger partial charge on any atom is 0.170 e. The first-order valence-electron chi connectivity index (χ1n) is 4.12. The van der Waals surface area contributed by atoms with E-state index in [1.165, 1.54) is 11.1 Å². The van der Waals surface area contributed by atoms with Gasteiger partial charge in [0.2, 0.25) is 0 Å². The molecule has 0 amide bonds. The Kier molecular flexibility index (Phi) is 1.70. The van der Waals surface area contributed by atoms with Gasteiger partial charge in [-0.1, -0.05) is 17.7 Å². The fourth-order valence-electron chi connectivity index (χ4n) is 1.59. The van der Waals surface area contributed by atoms with Crippen molar-refractivity contribution in [3.63, 3.8) is 0 Å². The summed E-state index contributed by atoms with van der Waals surface area (Å²) in [6.45, 7) is 2.72. The molecule has 1 aliphatic rings. The molecule has 0 bridgehead atoms. The first-order valence-corrected chi connectivity index (χ1v) is 4.12. The third kappa shape index (κ3) is 1.15. The Balaban J connectivity index is 2.57. The molecule has 0 fully saturated rings. The number of nitrogens with two attached hydrogens (primary N) is 2. The number of nitrogens with zero attached hydrogens (tertiary/aromatic N) is 2. The van der Waals surface area contributed by atoms with E-state index in [9.17, 15) is 0 Å². The average molecular weight is 176 g/mol. The fourth-order valence-corrected chi connectivity index (χ4v) is 1.59. The molecule has 2 rings (SSSR count). The summed E-state index contributed by atoms with van der Waals surface area (Å²) in [5.74, 6) is 11.6. The number of hydrazone groups is 1. The lowest BCUT2D eigenvalue weighted by atomic mass is 10.1. The Hall–Kier alpha value is -1.55. The first kappa shape index (κ1) is 8.07. The second-order valence-electron chi connectivity index (χ2n) is 3.24. The molecule has 0 aliphatic carbocycles. The lowest BCUT2D eigenvalue weighted by molar-refractivity contribution is 0.452. The maximum atomic E-state index is 5.71. The van der Waals surface area contributed by atoms with Gasteiger partial charge in [0.05, 0.1) is 6.54 Å². The summed E-state index contributed by atoms with van der Waals surface area (Å²) in [6, 6.07) is 6.17. The molecule has 0 radical (unpaired) electrons. The summed E-state index contributed by atoms with van der Waals surface area (Å²) in [5, 5.41) is 5.23. The summed E-state index contributed by atoms with van der Waals surface area (Å²) >= 11 is 0. The van der Waals surface area contributed by atoms with E-state index in [2.05, 4.69) is 17.2 Å². The highest BCUT2D eigenvalue weighted by molar-refractivity contribution is 6.02. The molecule has 0 saturated heterocycles. The molecule has 4 heteroatoms. The van der Waals surface area contributed by atoms with Gasteiger partial charge >= 0.3 is 0 Å². The van der Waals surface area contributed by atoms with Gasteiger partial charge < -0.3 is 5.84 Å². The zero-order chi connectivity index (χ0) is 9.42. The Bertz CT molecular complexity index is 370. The Morgan fingerprint density at radius 2 is 2.23 bits per heavy atom. The van der Waals surface area contributed by atoms with Gasteiger partial charge in [0.1, 0.15) is 0 Å². The number of aryl methyl sites for hydroxylation is 1. The van der Waals surface area contributed by atoms with Crippen molar-refractivity contribution < 1.29 is 0 Å². The predicted molar refractivity (Wildman–Crippen MR) is 51.6 cm³/mol. The Morgan fingerprint density at radius 1 is 1.46 bits per heavy atom. The van der Waals surface area contributed by atoms with Crippen molar-refractivity contribution in [1.29, 1.82) is 0 Å². The second kappa shape index (κ2) is 2.74. The van der Waals surface area contributed by atoms with Gasteiger partial charge in [-0.2, -0.15) is 5.10 Å².